The number of piperazine rings is 1. The molecule has 1 N–H and O–H groups in total. The molecule has 0 bridgehead atoms. The van der Waals surface area contributed by atoms with Crippen LogP contribution in [0.5, 0.6) is 5.75 Å². The summed E-state index contributed by atoms with van der Waals surface area (Å²) in [6, 6.07) is 16.1. The van der Waals surface area contributed by atoms with Gasteiger partial charge in [-0.1, -0.05) is 42.5 Å². The zero-order chi connectivity index (χ0) is 18.4. The number of ether oxygens (including phenoxy) is 1. The third kappa shape index (κ3) is 7.51. The summed E-state index contributed by atoms with van der Waals surface area (Å²) in [4.78, 5) is 1.91. The predicted molar refractivity (Wildman–Crippen MR) is 110 cm³/mol. The second kappa shape index (κ2) is 11.5. The highest BCUT2D eigenvalue weighted by molar-refractivity contribution is 5.85. The molecule has 0 unspecified atom stereocenters. The first-order valence-corrected chi connectivity index (χ1v) is 8.79. The lowest BCUT2D eigenvalue weighted by atomic mass is 10.0. The molecule has 2 aromatic carbocycles. The Balaban J connectivity index is 0.00000196. The van der Waals surface area contributed by atoms with Gasteiger partial charge in [-0.05, 0) is 23.3 Å². The van der Waals surface area contributed by atoms with Crippen molar-refractivity contribution in [3.05, 3.63) is 65.7 Å². The van der Waals surface area contributed by atoms with Gasteiger partial charge < -0.3 is 10.1 Å². The van der Waals surface area contributed by atoms with Crippen molar-refractivity contribution in [2.75, 3.05) is 26.2 Å². The van der Waals surface area contributed by atoms with E-state index in [1.807, 2.05) is 35.2 Å². The molecule has 1 atom stereocenters. The number of hydrogen-bond acceptors (Lipinski definition) is 3. The van der Waals surface area contributed by atoms with Crippen molar-refractivity contribution >= 4 is 24.8 Å². The average Bonchev–Trinajstić information content (AvgIpc) is 2.66. The molecule has 0 aliphatic carbocycles. The summed E-state index contributed by atoms with van der Waals surface area (Å²) in [5.74, 6) is 0.656. The number of hydrogen-bond donors (Lipinski definition) is 1. The molecule has 156 valence electrons. The molecule has 1 fully saturated rings. The van der Waals surface area contributed by atoms with E-state index in [1.165, 1.54) is 0 Å². The normalized spacial score (nSPS) is 15.8. The van der Waals surface area contributed by atoms with Crippen molar-refractivity contribution in [1.82, 2.24) is 10.2 Å². The molecule has 0 spiro atoms. The maximum atomic E-state index is 13.1. The van der Waals surface area contributed by atoms with Crippen LogP contribution in [-0.2, 0) is 6.61 Å². The van der Waals surface area contributed by atoms with Crippen LogP contribution in [0.15, 0.2) is 54.6 Å². The van der Waals surface area contributed by atoms with Crippen molar-refractivity contribution in [2.45, 2.75) is 25.2 Å². The summed E-state index contributed by atoms with van der Waals surface area (Å²) in [7, 11) is 0. The Morgan fingerprint density at radius 2 is 1.54 bits per heavy atom. The molecule has 0 saturated carbocycles. The summed E-state index contributed by atoms with van der Waals surface area (Å²) in [6.45, 7) is 3.10. The molecule has 3 rings (SSSR count). The van der Waals surface area contributed by atoms with Crippen LogP contribution in [0.3, 0.4) is 0 Å². The van der Waals surface area contributed by atoms with E-state index in [2.05, 4.69) is 5.32 Å². The van der Waals surface area contributed by atoms with Crippen LogP contribution in [0.2, 0.25) is 0 Å². The molecule has 2 aromatic rings. The molecule has 3 nitrogen and oxygen atoms in total. The van der Waals surface area contributed by atoms with Crippen LogP contribution >= 0.6 is 24.8 Å². The monoisotopic (exact) mass is 436 g/mol. The minimum Gasteiger partial charge on any atom is -0.489 e. The van der Waals surface area contributed by atoms with Crippen LogP contribution in [0.4, 0.5) is 13.2 Å². The SMILES string of the molecule is Cl.Cl.FC(F)(F)C[C@@H](c1ccc(OCc2ccccc2)cc1)N1CCNCC1. The Bertz CT molecular complexity index is 678. The maximum absolute atomic E-state index is 13.1. The second-order valence-corrected chi connectivity index (χ2v) is 6.46. The van der Waals surface area contributed by atoms with Crippen molar-refractivity contribution in [1.29, 1.82) is 0 Å². The molecule has 0 aromatic heterocycles. The third-order valence-corrected chi connectivity index (χ3v) is 4.53. The molecule has 1 saturated heterocycles. The van der Waals surface area contributed by atoms with Gasteiger partial charge in [0.2, 0.25) is 0 Å². The zero-order valence-electron chi connectivity index (χ0n) is 15.3. The third-order valence-electron chi connectivity index (χ3n) is 4.53. The standard InChI is InChI=1S/C20H23F3N2O.2ClH/c21-20(22,23)14-19(25-12-10-24-11-13-25)17-6-8-18(9-7-17)26-15-16-4-2-1-3-5-16;;/h1-9,19,24H,10-15H2;2*1H/t19-;;/m0../s1. The van der Waals surface area contributed by atoms with Crippen LogP contribution in [0.25, 0.3) is 0 Å². The second-order valence-electron chi connectivity index (χ2n) is 6.46. The number of alkyl halides is 3. The molecular formula is C20H25Cl2F3N2O. The Hall–Kier alpha value is -1.47. The van der Waals surface area contributed by atoms with Crippen LogP contribution in [0.1, 0.15) is 23.6 Å². The Kier molecular flexibility index (Phi) is 10.1. The highest BCUT2D eigenvalue weighted by atomic mass is 35.5. The highest BCUT2D eigenvalue weighted by Crippen LogP contribution is 2.34. The lowest BCUT2D eigenvalue weighted by molar-refractivity contribution is -0.148. The molecule has 1 aliphatic heterocycles. The van der Waals surface area contributed by atoms with Crippen LogP contribution in [0, 0.1) is 0 Å². The van der Waals surface area contributed by atoms with E-state index in [-0.39, 0.29) is 24.8 Å². The van der Waals surface area contributed by atoms with Gasteiger partial charge in [-0.15, -0.1) is 24.8 Å². The van der Waals surface area contributed by atoms with Gasteiger partial charge in [0.05, 0.1) is 6.42 Å². The van der Waals surface area contributed by atoms with E-state index in [0.29, 0.717) is 44.1 Å². The molecular weight excluding hydrogens is 412 g/mol. The molecule has 0 radical (unpaired) electrons. The topological polar surface area (TPSA) is 24.5 Å². The minimum absolute atomic E-state index is 0. The Morgan fingerprint density at radius 1 is 0.929 bits per heavy atom. The summed E-state index contributed by atoms with van der Waals surface area (Å²) < 4.78 is 44.9. The van der Waals surface area contributed by atoms with Gasteiger partial charge in [0.25, 0.3) is 0 Å². The lowest BCUT2D eigenvalue weighted by Gasteiger charge is -2.35. The first kappa shape index (κ1) is 24.6. The van der Waals surface area contributed by atoms with Gasteiger partial charge in [0.1, 0.15) is 12.4 Å². The number of nitrogens with one attached hydrogen (secondary N) is 1. The zero-order valence-corrected chi connectivity index (χ0v) is 17.0. The fourth-order valence-corrected chi connectivity index (χ4v) is 3.20. The molecule has 1 aliphatic rings. The van der Waals surface area contributed by atoms with Gasteiger partial charge >= 0.3 is 6.18 Å². The van der Waals surface area contributed by atoms with E-state index in [1.54, 1.807) is 24.3 Å². The smallest absolute Gasteiger partial charge is 0.390 e. The van der Waals surface area contributed by atoms with E-state index < -0.39 is 18.6 Å². The number of halogens is 5. The van der Waals surface area contributed by atoms with E-state index in [9.17, 15) is 13.2 Å². The van der Waals surface area contributed by atoms with Crippen LogP contribution < -0.4 is 10.1 Å². The minimum atomic E-state index is -4.20. The fourth-order valence-electron chi connectivity index (χ4n) is 3.20. The Labute approximate surface area is 176 Å². The molecule has 28 heavy (non-hydrogen) atoms. The van der Waals surface area contributed by atoms with Gasteiger partial charge in [0, 0.05) is 32.2 Å². The van der Waals surface area contributed by atoms with Gasteiger partial charge in [-0.2, -0.15) is 13.2 Å². The molecule has 1 heterocycles. The number of nitrogens with zero attached hydrogens (tertiary/aromatic N) is 1. The average molecular weight is 437 g/mol. The first-order chi connectivity index (χ1) is 12.5. The highest BCUT2D eigenvalue weighted by Gasteiger charge is 2.35. The van der Waals surface area contributed by atoms with Crippen LogP contribution in [-0.4, -0.2) is 37.3 Å². The fraction of sp³-hybridized carbons (Fsp3) is 0.400. The van der Waals surface area contributed by atoms with E-state index in [4.69, 9.17) is 4.74 Å². The predicted octanol–water partition coefficient (Wildman–Crippen LogP) is 5.01. The van der Waals surface area contributed by atoms with Crippen molar-refractivity contribution in [3.8, 4) is 5.75 Å². The van der Waals surface area contributed by atoms with Crippen molar-refractivity contribution < 1.29 is 17.9 Å². The summed E-state index contributed by atoms with van der Waals surface area (Å²) in [5.41, 5.74) is 1.73. The van der Waals surface area contributed by atoms with Gasteiger partial charge in [-0.25, -0.2) is 0 Å². The molecule has 0 amide bonds. The maximum Gasteiger partial charge on any atom is 0.390 e. The Morgan fingerprint density at radius 3 is 2.11 bits per heavy atom. The first-order valence-electron chi connectivity index (χ1n) is 8.79. The summed E-state index contributed by atoms with van der Waals surface area (Å²) in [6.07, 6.45) is -5.03. The summed E-state index contributed by atoms with van der Waals surface area (Å²) >= 11 is 0. The van der Waals surface area contributed by atoms with Crippen molar-refractivity contribution in [3.63, 3.8) is 0 Å². The van der Waals surface area contributed by atoms with Gasteiger partial charge in [0.15, 0.2) is 0 Å². The lowest BCUT2D eigenvalue weighted by Crippen LogP contribution is -2.46. The van der Waals surface area contributed by atoms with E-state index >= 15 is 0 Å². The van der Waals surface area contributed by atoms with Crippen molar-refractivity contribution in [2.24, 2.45) is 0 Å². The molecule has 8 heteroatoms. The quantitative estimate of drug-likeness (QED) is 0.688. The van der Waals surface area contributed by atoms with E-state index in [0.717, 1.165) is 5.56 Å². The summed E-state index contributed by atoms with van der Waals surface area (Å²) in [5, 5.41) is 3.18. The van der Waals surface area contributed by atoms with Gasteiger partial charge in [-0.3, -0.25) is 4.90 Å². The number of rotatable bonds is 6. The largest absolute Gasteiger partial charge is 0.489 e. The number of benzene rings is 2.